The van der Waals surface area contributed by atoms with Crippen LogP contribution in [-0.4, -0.2) is 21.1 Å². The lowest BCUT2D eigenvalue weighted by atomic mass is 10.3. The highest BCUT2D eigenvalue weighted by molar-refractivity contribution is 7.80. The minimum atomic E-state index is 0.519. The average molecular weight is 260 g/mol. The fraction of sp³-hybridized carbons (Fsp3) is 0.231. The van der Waals surface area contributed by atoms with E-state index >= 15 is 0 Å². The van der Waals surface area contributed by atoms with Crippen LogP contribution < -0.4 is 10.6 Å². The molecule has 0 aliphatic carbocycles. The second-order valence-corrected chi connectivity index (χ2v) is 4.57. The molecule has 0 saturated carbocycles. The van der Waals surface area contributed by atoms with Crippen LogP contribution in [0.2, 0.25) is 0 Å². The molecule has 0 spiro atoms. The van der Waals surface area contributed by atoms with Crippen LogP contribution in [0, 0.1) is 0 Å². The lowest BCUT2D eigenvalue weighted by molar-refractivity contribution is 0.837. The Labute approximate surface area is 112 Å². The summed E-state index contributed by atoms with van der Waals surface area (Å²) in [4.78, 5) is 7.00. The average Bonchev–Trinajstić information content (AvgIpc) is 2.77. The van der Waals surface area contributed by atoms with Crippen molar-refractivity contribution >= 4 is 28.8 Å². The van der Waals surface area contributed by atoms with E-state index in [1.54, 1.807) is 6.20 Å². The van der Waals surface area contributed by atoms with E-state index in [9.17, 15) is 0 Å². The van der Waals surface area contributed by atoms with Gasteiger partial charge in [-0.2, -0.15) is 0 Å². The van der Waals surface area contributed by atoms with Crippen molar-refractivity contribution in [2.24, 2.45) is 12.8 Å². The van der Waals surface area contributed by atoms with Gasteiger partial charge in [0.2, 0.25) is 5.95 Å². The number of hydrogen-bond acceptors (Lipinski definition) is 3. The maximum atomic E-state index is 5.59. The Hall–Kier alpha value is -1.88. The first-order valence-electron chi connectivity index (χ1n) is 5.76. The summed E-state index contributed by atoms with van der Waals surface area (Å²) in [5.74, 6) is 0.887. The van der Waals surface area contributed by atoms with Crippen molar-refractivity contribution in [2.75, 3.05) is 11.4 Å². The van der Waals surface area contributed by atoms with Crippen molar-refractivity contribution in [3.63, 3.8) is 0 Å². The molecule has 0 amide bonds. The molecule has 0 bridgehead atoms. The first-order valence-corrected chi connectivity index (χ1v) is 6.17. The summed E-state index contributed by atoms with van der Waals surface area (Å²) in [6, 6.07) is 10.1. The van der Waals surface area contributed by atoms with Crippen molar-refractivity contribution in [1.82, 2.24) is 9.55 Å². The normalized spacial score (nSPS) is 10.3. The maximum Gasteiger partial charge on any atom is 0.209 e. The van der Waals surface area contributed by atoms with Crippen LogP contribution in [-0.2, 0) is 7.05 Å². The summed E-state index contributed by atoms with van der Waals surface area (Å²) in [5, 5.41) is 0. The van der Waals surface area contributed by atoms with Crippen LogP contribution in [0.4, 0.5) is 11.6 Å². The Kier molecular flexibility index (Phi) is 3.94. The van der Waals surface area contributed by atoms with E-state index in [2.05, 4.69) is 9.88 Å². The van der Waals surface area contributed by atoms with Gasteiger partial charge in [0.1, 0.15) is 0 Å². The number of aryl methyl sites for hydroxylation is 1. The Morgan fingerprint density at radius 1 is 1.39 bits per heavy atom. The number of benzene rings is 1. The number of hydrogen-bond donors (Lipinski definition) is 1. The number of nitrogens with zero attached hydrogens (tertiary/aromatic N) is 3. The Bertz CT molecular complexity index is 521. The SMILES string of the molecule is Cn1ccnc1N(CCC(N)=S)c1ccccc1. The van der Waals surface area contributed by atoms with E-state index < -0.39 is 0 Å². The summed E-state index contributed by atoms with van der Waals surface area (Å²) in [6.45, 7) is 0.726. The predicted molar refractivity (Wildman–Crippen MR) is 78.1 cm³/mol. The smallest absolute Gasteiger partial charge is 0.209 e. The Morgan fingerprint density at radius 2 is 2.11 bits per heavy atom. The molecule has 2 aromatic rings. The van der Waals surface area contributed by atoms with Crippen LogP contribution in [0.15, 0.2) is 42.7 Å². The van der Waals surface area contributed by atoms with Gasteiger partial charge in [-0.15, -0.1) is 0 Å². The highest BCUT2D eigenvalue weighted by Crippen LogP contribution is 2.23. The third kappa shape index (κ3) is 2.87. The third-order valence-corrected chi connectivity index (χ3v) is 2.89. The fourth-order valence-electron chi connectivity index (χ4n) is 1.79. The molecule has 0 fully saturated rings. The second-order valence-electron chi connectivity index (χ2n) is 4.04. The first kappa shape index (κ1) is 12.6. The highest BCUT2D eigenvalue weighted by atomic mass is 32.1. The maximum absolute atomic E-state index is 5.59. The second kappa shape index (κ2) is 5.64. The number of rotatable bonds is 5. The van der Waals surface area contributed by atoms with E-state index in [4.69, 9.17) is 18.0 Å². The molecule has 0 radical (unpaired) electrons. The van der Waals surface area contributed by atoms with Gasteiger partial charge in [0.25, 0.3) is 0 Å². The van der Waals surface area contributed by atoms with Crippen LogP contribution in [0.5, 0.6) is 0 Å². The van der Waals surface area contributed by atoms with E-state index in [0.29, 0.717) is 11.4 Å². The van der Waals surface area contributed by atoms with Gasteiger partial charge in [-0.1, -0.05) is 30.4 Å². The molecule has 0 atom stereocenters. The lowest BCUT2D eigenvalue weighted by Gasteiger charge is -2.23. The largest absolute Gasteiger partial charge is 0.393 e. The molecule has 94 valence electrons. The highest BCUT2D eigenvalue weighted by Gasteiger charge is 2.13. The van der Waals surface area contributed by atoms with Gasteiger partial charge < -0.3 is 15.2 Å². The van der Waals surface area contributed by atoms with Crippen LogP contribution in [0.3, 0.4) is 0 Å². The van der Waals surface area contributed by atoms with E-state index in [1.807, 2.05) is 48.1 Å². The Morgan fingerprint density at radius 3 is 2.67 bits per heavy atom. The van der Waals surface area contributed by atoms with Crippen LogP contribution in [0.25, 0.3) is 0 Å². The molecule has 2 rings (SSSR count). The van der Waals surface area contributed by atoms with Crippen LogP contribution >= 0.6 is 12.2 Å². The zero-order chi connectivity index (χ0) is 13.0. The zero-order valence-electron chi connectivity index (χ0n) is 10.3. The van der Waals surface area contributed by atoms with Gasteiger partial charge in [0.15, 0.2) is 0 Å². The van der Waals surface area contributed by atoms with Crippen molar-refractivity contribution in [3.8, 4) is 0 Å². The summed E-state index contributed by atoms with van der Waals surface area (Å²) in [7, 11) is 1.97. The van der Waals surface area contributed by atoms with E-state index in [1.165, 1.54) is 0 Å². The quantitative estimate of drug-likeness (QED) is 0.838. The van der Waals surface area contributed by atoms with Crippen molar-refractivity contribution in [3.05, 3.63) is 42.7 Å². The summed E-state index contributed by atoms with van der Waals surface area (Å²) in [5.41, 5.74) is 6.67. The number of para-hydroxylation sites is 1. The van der Waals surface area contributed by atoms with E-state index in [-0.39, 0.29) is 0 Å². The summed E-state index contributed by atoms with van der Waals surface area (Å²) >= 11 is 4.95. The molecule has 0 aliphatic heterocycles. The molecule has 0 unspecified atom stereocenters. The monoisotopic (exact) mass is 260 g/mol. The topological polar surface area (TPSA) is 47.1 Å². The first-order chi connectivity index (χ1) is 8.68. The van der Waals surface area contributed by atoms with Gasteiger partial charge in [-0.3, -0.25) is 0 Å². The summed E-state index contributed by atoms with van der Waals surface area (Å²) < 4.78 is 1.98. The molecule has 5 heteroatoms. The summed E-state index contributed by atoms with van der Waals surface area (Å²) in [6.07, 6.45) is 4.37. The molecule has 1 aromatic heterocycles. The lowest BCUT2D eigenvalue weighted by Crippen LogP contribution is -2.25. The van der Waals surface area contributed by atoms with Gasteiger partial charge in [-0.05, 0) is 12.1 Å². The molecule has 0 saturated heterocycles. The third-order valence-electron chi connectivity index (χ3n) is 2.69. The molecular weight excluding hydrogens is 244 g/mol. The number of nitrogens with two attached hydrogens (primary N) is 1. The molecule has 1 aromatic carbocycles. The zero-order valence-corrected chi connectivity index (χ0v) is 11.1. The number of aromatic nitrogens is 2. The number of thiocarbonyl (C=S) groups is 1. The predicted octanol–water partition coefficient (Wildman–Crippen LogP) is 2.23. The van der Waals surface area contributed by atoms with Crippen molar-refractivity contribution < 1.29 is 0 Å². The standard InChI is InChI=1S/C13H16N4S/c1-16-10-8-15-13(16)17(9-7-12(14)18)11-5-3-2-4-6-11/h2-6,8,10H,7,9H2,1H3,(H2,14,18). The van der Waals surface area contributed by atoms with E-state index in [0.717, 1.165) is 18.2 Å². The number of anilines is 2. The van der Waals surface area contributed by atoms with Crippen LogP contribution in [0.1, 0.15) is 6.42 Å². The molecular formula is C13H16N4S. The number of imidazole rings is 1. The fourth-order valence-corrected chi connectivity index (χ4v) is 1.88. The molecule has 0 aliphatic rings. The minimum absolute atomic E-state index is 0.519. The van der Waals surface area contributed by atoms with Crippen molar-refractivity contribution in [1.29, 1.82) is 0 Å². The molecule has 4 nitrogen and oxygen atoms in total. The molecule has 1 heterocycles. The van der Waals surface area contributed by atoms with Gasteiger partial charge in [-0.25, -0.2) is 4.98 Å². The minimum Gasteiger partial charge on any atom is -0.393 e. The van der Waals surface area contributed by atoms with Gasteiger partial charge in [0, 0.05) is 38.1 Å². The van der Waals surface area contributed by atoms with Crippen molar-refractivity contribution in [2.45, 2.75) is 6.42 Å². The molecule has 2 N–H and O–H groups in total. The van der Waals surface area contributed by atoms with Gasteiger partial charge in [0.05, 0.1) is 4.99 Å². The van der Waals surface area contributed by atoms with Gasteiger partial charge >= 0.3 is 0 Å². The Balaban J connectivity index is 2.29. The molecule has 18 heavy (non-hydrogen) atoms.